The van der Waals surface area contributed by atoms with Crippen molar-refractivity contribution in [3.8, 4) is 0 Å². The first-order valence-corrected chi connectivity index (χ1v) is 8.22. The van der Waals surface area contributed by atoms with Crippen LogP contribution in [0.3, 0.4) is 0 Å². The molecular weight excluding hydrogens is 363 g/mol. The monoisotopic (exact) mass is 376 g/mol. The zero-order valence-corrected chi connectivity index (χ0v) is 15.2. The van der Waals surface area contributed by atoms with Gasteiger partial charge in [0.1, 0.15) is 0 Å². The van der Waals surface area contributed by atoms with Crippen LogP contribution in [0.25, 0.3) is 0 Å². The first kappa shape index (κ1) is 17.5. The van der Waals surface area contributed by atoms with E-state index in [2.05, 4.69) is 5.32 Å². The smallest absolute Gasteiger partial charge is 0.223 e. The number of rotatable bonds is 2. The molecule has 3 rings (SSSR count). The molecule has 5 nitrogen and oxygen atoms in total. The van der Waals surface area contributed by atoms with Crippen LogP contribution in [0.15, 0.2) is 24.3 Å². The number of benzene rings is 2. The molecule has 128 valence electrons. The van der Waals surface area contributed by atoms with Gasteiger partial charge in [0.05, 0.1) is 32.5 Å². The lowest BCUT2D eigenvalue weighted by atomic mass is 9.82. The number of carbonyl (C=O) groups excluding carboxylic acids is 3. The summed E-state index contributed by atoms with van der Waals surface area (Å²) in [5, 5.41) is 2.98. The zero-order chi connectivity index (χ0) is 18.5. The number of amides is 1. The molecule has 0 unspecified atom stereocenters. The van der Waals surface area contributed by atoms with Gasteiger partial charge in [0.25, 0.3) is 0 Å². The van der Waals surface area contributed by atoms with E-state index in [1.807, 2.05) is 0 Å². The highest BCUT2D eigenvalue weighted by Gasteiger charge is 2.38. The number of nitrogens with zero attached hydrogens (tertiary/aromatic N) is 1. The van der Waals surface area contributed by atoms with Gasteiger partial charge in [-0.05, 0) is 0 Å². The Balaban J connectivity index is 2.48. The van der Waals surface area contributed by atoms with E-state index >= 15 is 0 Å². The standard InChI is InChI=1S/C18H14Cl2N2O3/c1-8(23)22(3)16-12-11(15(21-2)13(19)14(16)20)17(24)9-6-4-5-7-10(9)18(12)25/h4-7,21H,1-3H3. The molecule has 0 atom stereocenters. The maximum atomic E-state index is 13.1. The lowest BCUT2D eigenvalue weighted by molar-refractivity contribution is -0.116. The number of anilines is 2. The Bertz CT molecular complexity index is 954. The van der Waals surface area contributed by atoms with Crippen LogP contribution in [-0.2, 0) is 4.79 Å². The number of hydrogen-bond donors (Lipinski definition) is 1. The average Bonchev–Trinajstić information content (AvgIpc) is 2.60. The van der Waals surface area contributed by atoms with Crippen molar-refractivity contribution < 1.29 is 14.4 Å². The molecule has 0 bridgehead atoms. The van der Waals surface area contributed by atoms with Gasteiger partial charge in [-0.15, -0.1) is 0 Å². The number of halogens is 2. The molecule has 0 saturated carbocycles. The highest BCUT2D eigenvalue weighted by Crippen LogP contribution is 2.47. The highest BCUT2D eigenvalue weighted by molar-refractivity contribution is 6.48. The molecule has 0 saturated heterocycles. The number of carbonyl (C=O) groups is 3. The van der Waals surface area contributed by atoms with Gasteiger partial charge in [-0.1, -0.05) is 47.5 Å². The third kappa shape index (κ3) is 2.42. The summed E-state index contributed by atoms with van der Waals surface area (Å²) in [6.07, 6.45) is 0. The van der Waals surface area contributed by atoms with Crippen molar-refractivity contribution in [2.75, 3.05) is 24.3 Å². The van der Waals surface area contributed by atoms with Gasteiger partial charge in [-0.3, -0.25) is 14.4 Å². The number of ketones is 2. The van der Waals surface area contributed by atoms with Crippen molar-refractivity contribution in [2.24, 2.45) is 0 Å². The van der Waals surface area contributed by atoms with Crippen molar-refractivity contribution in [3.05, 3.63) is 56.6 Å². The van der Waals surface area contributed by atoms with E-state index < -0.39 is 0 Å². The van der Waals surface area contributed by atoms with E-state index in [-0.39, 0.29) is 55.6 Å². The molecule has 0 heterocycles. The third-order valence-corrected chi connectivity index (χ3v) is 5.13. The van der Waals surface area contributed by atoms with E-state index in [0.29, 0.717) is 5.56 Å². The molecule has 7 heteroatoms. The molecule has 0 fully saturated rings. The van der Waals surface area contributed by atoms with Crippen molar-refractivity contribution in [3.63, 3.8) is 0 Å². The fourth-order valence-corrected chi connectivity index (χ4v) is 3.57. The van der Waals surface area contributed by atoms with Gasteiger partial charge in [-0.2, -0.15) is 0 Å². The van der Waals surface area contributed by atoms with Crippen LogP contribution >= 0.6 is 23.2 Å². The molecule has 2 aromatic carbocycles. The molecule has 0 aliphatic heterocycles. The van der Waals surface area contributed by atoms with E-state index in [1.54, 1.807) is 31.3 Å². The predicted molar refractivity (Wildman–Crippen MR) is 98.4 cm³/mol. The minimum Gasteiger partial charge on any atom is -0.386 e. The second kappa shape index (κ2) is 6.17. The minimum atomic E-state index is -0.372. The van der Waals surface area contributed by atoms with Gasteiger partial charge < -0.3 is 10.2 Å². The van der Waals surface area contributed by atoms with Crippen molar-refractivity contribution in [2.45, 2.75) is 6.92 Å². The first-order chi connectivity index (χ1) is 11.8. The molecule has 25 heavy (non-hydrogen) atoms. The molecule has 0 aromatic heterocycles. The van der Waals surface area contributed by atoms with Crippen molar-refractivity contribution in [1.29, 1.82) is 0 Å². The summed E-state index contributed by atoms with van der Waals surface area (Å²) in [4.78, 5) is 39.3. The lowest BCUT2D eigenvalue weighted by Gasteiger charge is -2.28. The minimum absolute atomic E-state index is 0.0444. The quantitative estimate of drug-likeness (QED) is 0.738. The Morgan fingerprint density at radius 2 is 1.52 bits per heavy atom. The molecule has 1 aliphatic rings. The Hall–Kier alpha value is -2.37. The number of hydrogen-bond acceptors (Lipinski definition) is 4. The fourth-order valence-electron chi connectivity index (χ4n) is 2.98. The SMILES string of the molecule is CNc1c(Cl)c(Cl)c(N(C)C(C)=O)c2c1C(=O)c1ccccc1C2=O. The van der Waals surface area contributed by atoms with E-state index in [1.165, 1.54) is 18.9 Å². The summed E-state index contributed by atoms with van der Waals surface area (Å²) in [5.41, 5.74) is 1.20. The maximum absolute atomic E-state index is 13.1. The summed E-state index contributed by atoms with van der Waals surface area (Å²) in [6.45, 7) is 1.34. The number of fused-ring (bicyclic) bond motifs is 2. The van der Waals surface area contributed by atoms with Crippen LogP contribution < -0.4 is 10.2 Å². The molecular formula is C18H14Cl2N2O3. The Kier molecular flexibility index (Phi) is 4.31. The van der Waals surface area contributed by atoms with Gasteiger partial charge in [0.15, 0.2) is 11.6 Å². The van der Waals surface area contributed by atoms with Crippen LogP contribution in [0.5, 0.6) is 0 Å². The second-order valence-corrected chi connectivity index (χ2v) is 6.39. The van der Waals surface area contributed by atoms with Crippen LogP contribution in [0.4, 0.5) is 11.4 Å². The van der Waals surface area contributed by atoms with E-state index in [0.717, 1.165) is 0 Å². The third-order valence-electron chi connectivity index (χ3n) is 4.29. The second-order valence-electron chi connectivity index (χ2n) is 5.63. The average molecular weight is 377 g/mol. The van der Waals surface area contributed by atoms with Crippen LogP contribution in [0, 0.1) is 0 Å². The van der Waals surface area contributed by atoms with Gasteiger partial charge in [-0.25, -0.2) is 0 Å². The van der Waals surface area contributed by atoms with Crippen molar-refractivity contribution >= 4 is 52.1 Å². The van der Waals surface area contributed by atoms with Crippen molar-refractivity contribution in [1.82, 2.24) is 0 Å². The van der Waals surface area contributed by atoms with Gasteiger partial charge in [0, 0.05) is 32.1 Å². The summed E-state index contributed by atoms with van der Waals surface area (Å²) < 4.78 is 0. The molecule has 0 radical (unpaired) electrons. The molecule has 1 aliphatic carbocycles. The maximum Gasteiger partial charge on any atom is 0.223 e. The largest absolute Gasteiger partial charge is 0.386 e. The summed E-state index contributed by atoms with van der Waals surface area (Å²) in [5.74, 6) is -1.05. The zero-order valence-electron chi connectivity index (χ0n) is 13.7. The van der Waals surface area contributed by atoms with Crippen LogP contribution in [-0.4, -0.2) is 31.6 Å². The summed E-state index contributed by atoms with van der Waals surface area (Å²) in [6, 6.07) is 6.54. The topological polar surface area (TPSA) is 66.5 Å². The highest BCUT2D eigenvalue weighted by atomic mass is 35.5. The molecule has 2 aromatic rings. The van der Waals surface area contributed by atoms with E-state index in [9.17, 15) is 14.4 Å². The predicted octanol–water partition coefficient (Wildman–Crippen LogP) is 3.79. The molecule has 0 spiro atoms. The lowest BCUT2D eigenvalue weighted by Crippen LogP contribution is -2.30. The summed E-state index contributed by atoms with van der Waals surface area (Å²) >= 11 is 12.7. The van der Waals surface area contributed by atoms with Gasteiger partial charge in [0.2, 0.25) is 5.91 Å². The Morgan fingerprint density at radius 3 is 2.00 bits per heavy atom. The normalized spacial score (nSPS) is 12.5. The molecule has 1 amide bonds. The Labute approximate surface area is 154 Å². The van der Waals surface area contributed by atoms with Crippen LogP contribution in [0.2, 0.25) is 10.0 Å². The Morgan fingerprint density at radius 1 is 1.00 bits per heavy atom. The van der Waals surface area contributed by atoms with Crippen LogP contribution in [0.1, 0.15) is 38.8 Å². The van der Waals surface area contributed by atoms with Gasteiger partial charge >= 0.3 is 0 Å². The first-order valence-electron chi connectivity index (χ1n) is 7.46. The van der Waals surface area contributed by atoms with E-state index in [4.69, 9.17) is 23.2 Å². The fraction of sp³-hybridized carbons (Fsp3) is 0.167. The number of nitrogens with one attached hydrogen (secondary N) is 1. The summed E-state index contributed by atoms with van der Waals surface area (Å²) in [7, 11) is 3.07. The molecule has 1 N–H and O–H groups in total.